The van der Waals surface area contributed by atoms with Gasteiger partial charge in [0.1, 0.15) is 11.9 Å². The van der Waals surface area contributed by atoms with Gasteiger partial charge >= 0.3 is 6.18 Å². The molecular formula is C27H30F3N7O. The quantitative estimate of drug-likeness (QED) is 0.392. The first-order valence-electron chi connectivity index (χ1n) is 12.4. The predicted octanol–water partition coefficient (Wildman–Crippen LogP) is 4.96. The van der Waals surface area contributed by atoms with Gasteiger partial charge in [-0.25, -0.2) is 19.3 Å². The van der Waals surface area contributed by atoms with Crippen molar-refractivity contribution in [2.75, 3.05) is 11.9 Å². The third-order valence-electron chi connectivity index (χ3n) is 6.72. The van der Waals surface area contributed by atoms with Gasteiger partial charge in [-0.1, -0.05) is 32.9 Å². The van der Waals surface area contributed by atoms with Crippen LogP contribution in [0.3, 0.4) is 0 Å². The minimum atomic E-state index is -4.63. The van der Waals surface area contributed by atoms with Crippen LogP contribution in [0.1, 0.15) is 51.4 Å². The van der Waals surface area contributed by atoms with Crippen molar-refractivity contribution < 1.29 is 13.2 Å². The van der Waals surface area contributed by atoms with Gasteiger partial charge in [-0.15, -0.1) is 0 Å². The van der Waals surface area contributed by atoms with Crippen LogP contribution in [0.5, 0.6) is 0 Å². The number of halogens is 3. The Kier molecular flexibility index (Phi) is 6.09. The zero-order chi connectivity index (χ0) is 27.5. The number of nitrogens with zero attached hydrogens (tertiary/aromatic N) is 5. The molecule has 1 aliphatic heterocycles. The highest BCUT2D eigenvalue weighted by Gasteiger charge is 2.32. The number of alkyl halides is 3. The minimum Gasteiger partial charge on any atom is -0.324 e. The van der Waals surface area contributed by atoms with Crippen molar-refractivity contribution in [3.8, 4) is 5.82 Å². The Bertz CT molecular complexity index is 1580. The van der Waals surface area contributed by atoms with Gasteiger partial charge in [-0.3, -0.25) is 4.79 Å². The fraction of sp³-hybridized carbons (Fsp3) is 0.407. The number of anilines is 2. The molecular weight excluding hydrogens is 495 g/mol. The Balaban J connectivity index is 1.63. The molecule has 2 N–H and O–H groups in total. The van der Waals surface area contributed by atoms with Crippen molar-refractivity contribution >= 4 is 22.7 Å². The van der Waals surface area contributed by atoms with Gasteiger partial charge in [0.25, 0.3) is 5.56 Å². The number of nitrogens with one attached hydrogen (secondary N) is 2. The third-order valence-corrected chi connectivity index (χ3v) is 6.72. The highest BCUT2D eigenvalue weighted by Crippen LogP contribution is 2.31. The average molecular weight is 526 g/mol. The number of pyridine rings is 1. The molecule has 0 radical (unpaired) electrons. The topological polar surface area (TPSA) is 89.7 Å². The number of benzene rings is 1. The normalized spacial score (nSPS) is 15.5. The van der Waals surface area contributed by atoms with E-state index in [-0.39, 0.29) is 33.8 Å². The van der Waals surface area contributed by atoms with Crippen molar-refractivity contribution in [3.05, 3.63) is 69.8 Å². The van der Waals surface area contributed by atoms with Crippen LogP contribution < -0.4 is 16.2 Å². The van der Waals surface area contributed by atoms with E-state index in [2.05, 4.69) is 39.4 Å². The Morgan fingerprint density at radius 1 is 1.11 bits per heavy atom. The van der Waals surface area contributed by atoms with Crippen molar-refractivity contribution in [1.82, 2.24) is 29.6 Å². The molecule has 0 unspecified atom stereocenters. The molecule has 38 heavy (non-hydrogen) atoms. The molecule has 3 aromatic heterocycles. The van der Waals surface area contributed by atoms with Crippen molar-refractivity contribution in [2.24, 2.45) is 0 Å². The molecule has 11 heteroatoms. The number of hydrogen-bond acceptors (Lipinski definition) is 6. The van der Waals surface area contributed by atoms with Crippen molar-refractivity contribution in [3.63, 3.8) is 0 Å². The summed E-state index contributed by atoms with van der Waals surface area (Å²) in [6.45, 7) is 9.48. The number of fused-ring (bicyclic) bond motifs is 2. The Labute approximate surface area is 217 Å². The Morgan fingerprint density at radius 2 is 1.87 bits per heavy atom. The lowest BCUT2D eigenvalue weighted by molar-refractivity contribution is -0.144. The summed E-state index contributed by atoms with van der Waals surface area (Å²) in [6, 6.07) is 11.1. The molecule has 200 valence electrons. The van der Waals surface area contributed by atoms with E-state index in [1.165, 1.54) is 17.3 Å². The Morgan fingerprint density at radius 3 is 2.58 bits per heavy atom. The van der Waals surface area contributed by atoms with Gasteiger partial charge in [0.15, 0.2) is 11.5 Å². The lowest BCUT2D eigenvalue weighted by atomic mass is 9.85. The predicted molar refractivity (Wildman–Crippen MR) is 140 cm³/mol. The van der Waals surface area contributed by atoms with Gasteiger partial charge in [-0.2, -0.15) is 18.2 Å². The molecule has 0 amide bonds. The molecule has 1 aliphatic rings. The first-order chi connectivity index (χ1) is 17.7. The molecule has 0 aliphatic carbocycles. The smallest absolute Gasteiger partial charge is 0.324 e. The van der Waals surface area contributed by atoms with E-state index in [0.717, 1.165) is 23.3 Å². The summed E-state index contributed by atoms with van der Waals surface area (Å²) in [7, 11) is 0. The SMILES string of the molecule is CC(C)(C)c1cccc(-n2c3nc(Nc4ccc5c(c4)CCNC5(C)C)ncc3c(=O)n2CC(F)(F)F)n1. The van der Waals surface area contributed by atoms with Crippen LogP contribution >= 0.6 is 0 Å². The fourth-order valence-corrected chi connectivity index (χ4v) is 4.82. The second kappa shape index (κ2) is 8.93. The van der Waals surface area contributed by atoms with E-state index in [1.54, 1.807) is 18.2 Å². The molecule has 0 bridgehead atoms. The number of hydrogen-bond donors (Lipinski definition) is 2. The molecule has 0 atom stereocenters. The monoisotopic (exact) mass is 525 g/mol. The highest BCUT2D eigenvalue weighted by molar-refractivity contribution is 5.77. The summed E-state index contributed by atoms with van der Waals surface area (Å²) in [5.41, 5.74) is 2.51. The van der Waals surface area contributed by atoms with Gasteiger partial charge in [-0.05, 0) is 62.2 Å². The first kappa shape index (κ1) is 25.9. The average Bonchev–Trinajstić information content (AvgIpc) is 3.07. The molecule has 5 rings (SSSR count). The van der Waals surface area contributed by atoms with Gasteiger partial charge < -0.3 is 10.6 Å². The van der Waals surface area contributed by atoms with Crippen LogP contribution in [-0.4, -0.2) is 37.0 Å². The van der Waals surface area contributed by atoms with Crippen molar-refractivity contribution in [2.45, 2.75) is 64.7 Å². The second-order valence-corrected chi connectivity index (χ2v) is 11.2. The Hall–Kier alpha value is -3.73. The molecule has 0 fully saturated rings. The van der Waals surface area contributed by atoms with Crippen LogP contribution in [0.15, 0.2) is 47.4 Å². The minimum absolute atomic E-state index is 0.0268. The molecule has 0 saturated heterocycles. The molecule has 8 nitrogen and oxygen atoms in total. The third kappa shape index (κ3) is 4.90. The summed E-state index contributed by atoms with van der Waals surface area (Å²) >= 11 is 0. The standard InChI is InChI=1S/C27H30F3N7O/c1-25(2,3)20-7-6-8-21(34-20)37-22-18(23(38)36(37)15-27(28,29)30)14-31-24(35-22)33-17-9-10-19-16(13-17)11-12-32-26(19,4)5/h6-10,13-14,32H,11-12,15H2,1-5H3,(H,31,33,35). The summed E-state index contributed by atoms with van der Waals surface area (Å²) in [4.78, 5) is 26.4. The summed E-state index contributed by atoms with van der Waals surface area (Å²) in [5, 5.41) is 6.62. The van der Waals surface area contributed by atoms with Crippen molar-refractivity contribution in [1.29, 1.82) is 0 Å². The zero-order valence-corrected chi connectivity index (χ0v) is 21.9. The van der Waals surface area contributed by atoms with Crippen LogP contribution in [0.4, 0.5) is 24.8 Å². The van der Waals surface area contributed by atoms with E-state index in [1.807, 2.05) is 39.0 Å². The first-order valence-corrected chi connectivity index (χ1v) is 12.4. The molecule has 1 aromatic carbocycles. The van der Waals surface area contributed by atoms with Crippen LogP contribution in [-0.2, 0) is 23.9 Å². The van der Waals surface area contributed by atoms with E-state index >= 15 is 0 Å². The lowest BCUT2D eigenvalue weighted by Gasteiger charge is -2.34. The molecule has 4 aromatic rings. The van der Waals surface area contributed by atoms with Gasteiger partial charge in [0.2, 0.25) is 5.95 Å². The summed E-state index contributed by atoms with van der Waals surface area (Å²) in [6.07, 6.45) is -2.50. The largest absolute Gasteiger partial charge is 0.408 e. The van der Waals surface area contributed by atoms with Crippen LogP contribution in [0.25, 0.3) is 16.9 Å². The van der Waals surface area contributed by atoms with E-state index < -0.39 is 18.3 Å². The summed E-state index contributed by atoms with van der Waals surface area (Å²) < 4.78 is 42.3. The van der Waals surface area contributed by atoms with E-state index in [9.17, 15) is 18.0 Å². The number of aromatic nitrogens is 5. The van der Waals surface area contributed by atoms with Crippen LogP contribution in [0.2, 0.25) is 0 Å². The highest BCUT2D eigenvalue weighted by atomic mass is 19.4. The van der Waals surface area contributed by atoms with E-state index in [0.29, 0.717) is 10.4 Å². The molecule has 4 heterocycles. The number of rotatable bonds is 4. The summed E-state index contributed by atoms with van der Waals surface area (Å²) in [5.74, 6) is 0.331. The molecule has 0 spiro atoms. The van der Waals surface area contributed by atoms with Gasteiger partial charge in [0, 0.05) is 28.5 Å². The maximum atomic E-state index is 13.5. The maximum absolute atomic E-state index is 13.5. The van der Waals surface area contributed by atoms with E-state index in [4.69, 9.17) is 0 Å². The second-order valence-electron chi connectivity index (χ2n) is 11.2. The van der Waals surface area contributed by atoms with Crippen LogP contribution in [0, 0.1) is 0 Å². The maximum Gasteiger partial charge on any atom is 0.408 e. The van der Waals surface area contributed by atoms with Gasteiger partial charge in [0.05, 0.1) is 0 Å². The zero-order valence-electron chi connectivity index (χ0n) is 21.9. The molecule has 0 saturated carbocycles. The lowest BCUT2D eigenvalue weighted by Crippen LogP contribution is -2.42. The fourth-order valence-electron chi connectivity index (χ4n) is 4.82.